The number of aliphatic carboxylic acids is 1. The quantitative estimate of drug-likeness (QED) is 0.696. The fraction of sp³-hybridized carbons (Fsp3) is 0.417. The highest BCUT2D eigenvalue weighted by molar-refractivity contribution is 9.09. The molecular weight excluding hydrogens is 307 g/mol. The number of rotatable bonds is 6. The van der Waals surface area contributed by atoms with Gasteiger partial charge in [0.25, 0.3) is 0 Å². The topological polar surface area (TPSA) is 77.8 Å². The predicted octanol–water partition coefficient (Wildman–Crippen LogP) is 1.63. The summed E-state index contributed by atoms with van der Waals surface area (Å²) in [6.07, 6.45) is -2.45. The van der Waals surface area contributed by atoms with Crippen molar-refractivity contribution >= 4 is 21.9 Å². The summed E-state index contributed by atoms with van der Waals surface area (Å²) in [5, 5.41) is 28.5. The SMILES string of the molecule is O=C(O)Cc1ccc(F)c(C(O)C(O)CCBr)c1. The molecule has 0 aromatic heterocycles. The van der Waals surface area contributed by atoms with Gasteiger partial charge in [0.2, 0.25) is 0 Å². The second kappa shape index (κ2) is 6.82. The molecule has 2 atom stereocenters. The van der Waals surface area contributed by atoms with Crippen molar-refractivity contribution in [3.05, 3.63) is 35.1 Å². The second-order valence-electron chi connectivity index (χ2n) is 3.92. The molecule has 0 saturated heterocycles. The van der Waals surface area contributed by atoms with Gasteiger partial charge in [-0.3, -0.25) is 4.79 Å². The Morgan fingerprint density at radius 1 is 1.39 bits per heavy atom. The lowest BCUT2D eigenvalue weighted by molar-refractivity contribution is -0.136. The van der Waals surface area contributed by atoms with Crippen LogP contribution in [0.5, 0.6) is 0 Å². The number of halogens is 2. The van der Waals surface area contributed by atoms with Crippen LogP contribution in [0.2, 0.25) is 0 Å². The Labute approximate surface area is 112 Å². The predicted molar refractivity (Wildman–Crippen MR) is 67.1 cm³/mol. The molecule has 0 spiro atoms. The van der Waals surface area contributed by atoms with E-state index in [4.69, 9.17) is 5.11 Å². The lowest BCUT2D eigenvalue weighted by Crippen LogP contribution is -2.20. The molecule has 0 saturated carbocycles. The molecule has 6 heteroatoms. The third kappa shape index (κ3) is 4.04. The van der Waals surface area contributed by atoms with Crippen LogP contribution in [0, 0.1) is 5.82 Å². The van der Waals surface area contributed by atoms with E-state index in [0.717, 1.165) is 6.07 Å². The van der Waals surface area contributed by atoms with Crippen LogP contribution >= 0.6 is 15.9 Å². The van der Waals surface area contributed by atoms with Crippen molar-refractivity contribution < 1.29 is 24.5 Å². The lowest BCUT2D eigenvalue weighted by Gasteiger charge is -2.18. The summed E-state index contributed by atoms with van der Waals surface area (Å²) in [7, 11) is 0. The minimum atomic E-state index is -1.36. The second-order valence-corrected chi connectivity index (χ2v) is 4.71. The molecule has 1 rings (SSSR count). The van der Waals surface area contributed by atoms with Crippen LogP contribution in [0.1, 0.15) is 23.7 Å². The molecule has 18 heavy (non-hydrogen) atoms. The summed E-state index contributed by atoms with van der Waals surface area (Å²) < 4.78 is 13.5. The first-order valence-corrected chi connectivity index (χ1v) is 6.50. The average molecular weight is 321 g/mol. The fourth-order valence-corrected chi connectivity index (χ4v) is 2.05. The van der Waals surface area contributed by atoms with Gasteiger partial charge < -0.3 is 15.3 Å². The van der Waals surface area contributed by atoms with Crippen molar-refractivity contribution in [2.24, 2.45) is 0 Å². The maximum absolute atomic E-state index is 13.5. The Bertz CT molecular complexity index is 425. The largest absolute Gasteiger partial charge is 0.481 e. The van der Waals surface area contributed by atoms with E-state index in [-0.39, 0.29) is 18.4 Å². The van der Waals surface area contributed by atoms with Crippen molar-refractivity contribution in [2.45, 2.75) is 25.0 Å². The van der Waals surface area contributed by atoms with Gasteiger partial charge in [0.15, 0.2) is 0 Å². The molecule has 0 aliphatic heterocycles. The normalized spacial score (nSPS) is 14.2. The number of hydrogen-bond acceptors (Lipinski definition) is 3. The molecule has 0 amide bonds. The number of carboxylic acid groups (broad SMARTS) is 1. The number of carboxylic acids is 1. The minimum Gasteiger partial charge on any atom is -0.481 e. The third-order valence-electron chi connectivity index (χ3n) is 2.50. The summed E-state index contributed by atoms with van der Waals surface area (Å²) in [6, 6.07) is 3.71. The standard InChI is InChI=1S/C12H14BrFO4/c13-4-3-10(15)12(18)8-5-7(6-11(16)17)1-2-9(8)14/h1-2,5,10,12,15,18H,3-4,6H2,(H,16,17). The summed E-state index contributed by atoms with van der Waals surface area (Å²) in [5.74, 6) is -1.70. The van der Waals surface area contributed by atoms with Crippen LogP contribution in [0.4, 0.5) is 4.39 Å². The fourth-order valence-electron chi connectivity index (χ4n) is 1.58. The highest BCUT2D eigenvalue weighted by Crippen LogP contribution is 2.23. The smallest absolute Gasteiger partial charge is 0.307 e. The van der Waals surface area contributed by atoms with E-state index in [2.05, 4.69) is 15.9 Å². The first-order valence-electron chi connectivity index (χ1n) is 5.38. The zero-order valence-electron chi connectivity index (χ0n) is 9.51. The monoisotopic (exact) mass is 320 g/mol. The molecule has 1 aromatic rings. The van der Waals surface area contributed by atoms with Crippen LogP contribution in [0.3, 0.4) is 0 Å². The van der Waals surface area contributed by atoms with Gasteiger partial charge in [-0.2, -0.15) is 0 Å². The van der Waals surface area contributed by atoms with Crippen LogP contribution in [-0.2, 0) is 11.2 Å². The van der Waals surface area contributed by atoms with Crippen LogP contribution in [-0.4, -0.2) is 32.7 Å². The summed E-state index contributed by atoms with van der Waals surface area (Å²) >= 11 is 3.11. The Morgan fingerprint density at radius 2 is 2.06 bits per heavy atom. The van der Waals surface area contributed by atoms with Crippen molar-refractivity contribution in [1.82, 2.24) is 0 Å². The van der Waals surface area contributed by atoms with Crippen LogP contribution in [0.25, 0.3) is 0 Å². The lowest BCUT2D eigenvalue weighted by atomic mass is 9.99. The van der Waals surface area contributed by atoms with E-state index in [1.54, 1.807) is 0 Å². The average Bonchev–Trinajstić information content (AvgIpc) is 2.30. The van der Waals surface area contributed by atoms with Crippen molar-refractivity contribution in [1.29, 1.82) is 0 Å². The van der Waals surface area contributed by atoms with Gasteiger partial charge in [0, 0.05) is 10.9 Å². The Kier molecular flexibility index (Phi) is 5.71. The Hall–Kier alpha value is -0.980. The number of hydrogen-bond donors (Lipinski definition) is 3. The van der Waals surface area contributed by atoms with Crippen LogP contribution < -0.4 is 0 Å². The van der Waals surface area contributed by atoms with Gasteiger partial charge in [0.05, 0.1) is 12.5 Å². The molecule has 2 unspecified atom stereocenters. The molecule has 3 N–H and O–H groups in total. The summed E-state index contributed by atoms with van der Waals surface area (Å²) in [6.45, 7) is 0. The van der Waals surface area contributed by atoms with Gasteiger partial charge in [0.1, 0.15) is 11.9 Å². The number of aliphatic hydroxyl groups is 2. The van der Waals surface area contributed by atoms with E-state index in [1.807, 2.05) is 0 Å². The zero-order valence-corrected chi connectivity index (χ0v) is 11.1. The van der Waals surface area contributed by atoms with Crippen molar-refractivity contribution in [3.8, 4) is 0 Å². The molecule has 0 radical (unpaired) electrons. The maximum Gasteiger partial charge on any atom is 0.307 e. The summed E-state index contributed by atoms with van der Waals surface area (Å²) in [4.78, 5) is 10.6. The van der Waals surface area contributed by atoms with Crippen molar-refractivity contribution in [2.75, 3.05) is 5.33 Å². The summed E-state index contributed by atoms with van der Waals surface area (Å²) in [5.41, 5.74) is 0.297. The van der Waals surface area contributed by atoms with Gasteiger partial charge in [-0.1, -0.05) is 22.0 Å². The van der Waals surface area contributed by atoms with E-state index in [1.165, 1.54) is 12.1 Å². The van der Waals surface area contributed by atoms with Gasteiger partial charge in [-0.05, 0) is 24.1 Å². The molecule has 100 valence electrons. The number of alkyl halides is 1. The zero-order chi connectivity index (χ0) is 13.7. The van der Waals surface area contributed by atoms with Crippen molar-refractivity contribution in [3.63, 3.8) is 0 Å². The third-order valence-corrected chi connectivity index (χ3v) is 2.96. The molecular formula is C12H14BrFO4. The highest BCUT2D eigenvalue weighted by Gasteiger charge is 2.21. The van der Waals surface area contributed by atoms with Crippen LogP contribution in [0.15, 0.2) is 18.2 Å². The Balaban J connectivity index is 2.95. The maximum atomic E-state index is 13.5. The van der Waals surface area contributed by atoms with Gasteiger partial charge >= 0.3 is 5.97 Å². The molecule has 1 aromatic carbocycles. The molecule has 0 fully saturated rings. The number of carbonyl (C=O) groups is 1. The highest BCUT2D eigenvalue weighted by atomic mass is 79.9. The van der Waals surface area contributed by atoms with E-state index in [9.17, 15) is 19.4 Å². The molecule has 0 heterocycles. The van der Waals surface area contributed by atoms with Gasteiger partial charge in [-0.25, -0.2) is 4.39 Å². The number of benzene rings is 1. The van der Waals surface area contributed by atoms with E-state index >= 15 is 0 Å². The van der Waals surface area contributed by atoms with E-state index in [0.29, 0.717) is 10.9 Å². The molecule has 0 aliphatic rings. The van der Waals surface area contributed by atoms with E-state index < -0.39 is 24.0 Å². The molecule has 0 bridgehead atoms. The molecule has 4 nitrogen and oxygen atoms in total. The number of aliphatic hydroxyl groups excluding tert-OH is 2. The first-order chi connectivity index (χ1) is 8.45. The molecule has 0 aliphatic carbocycles. The van der Waals surface area contributed by atoms with Gasteiger partial charge in [-0.15, -0.1) is 0 Å². The first kappa shape index (κ1) is 15.1. The Morgan fingerprint density at radius 3 is 2.61 bits per heavy atom. The minimum absolute atomic E-state index is 0.0813.